The molecule has 3 rings (SSSR count). The van der Waals surface area contributed by atoms with Crippen molar-refractivity contribution >= 4 is 17.7 Å². The third-order valence-electron chi connectivity index (χ3n) is 4.03. The highest BCUT2D eigenvalue weighted by Crippen LogP contribution is 2.38. The Hall–Kier alpha value is -2.99. The number of methoxy groups -OCH3 is 2. The van der Waals surface area contributed by atoms with Crippen LogP contribution in [0.1, 0.15) is 15.9 Å². The zero-order chi connectivity index (χ0) is 19.4. The molecule has 0 saturated carbocycles. The third-order valence-corrected chi connectivity index (χ3v) is 5.06. The van der Waals surface area contributed by atoms with Gasteiger partial charge in [-0.25, -0.2) is 4.98 Å². The Morgan fingerprint density at radius 3 is 2.26 bits per heavy atom. The van der Waals surface area contributed by atoms with Gasteiger partial charge in [0.2, 0.25) is 5.91 Å². The second-order valence-corrected chi connectivity index (χ2v) is 7.01. The van der Waals surface area contributed by atoms with Crippen molar-refractivity contribution in [2.45, 2.75) is 16.8 Å². The minimum Gasteiger partial charge on any atom is -0.497 e. The number of ether oxygens (including phenoxy) is 2. The predicted octanol–water partition coefficient (Wildman–Crippen LogP) is 4.32. The molecule has 0 aliphatic carbocycles. The van der Waals surface area contributed by atoms with Crippen molar-refractivity contribution in [2.75, 3.05) is 14.2 Å². The summed E-state index contributed by atoms with van der Waals surface area (Å²) in [6.07, 6.45) is 1.49. The number of hydrogen-bond acceptors (Lipinski definition) is 5. The number of carbonyl (C=O) groups excluding carboxylic acids is 1. The molecule has 0 unspecified atom stereocenters. The van der Waals surface area contributed by atoms with Crippen LogP contribution in [0, 0.1) is 6.92 Å². The van der Waals surface area contributed by atoms with E-state index in [9.17, 15) is 4.79 Å². The summed E-state index contributed by atoms with van der Waals surface area (Å²) in [5, 5.41) is 0.778. The molecule has 2 aromatic carbocycles. The molecule has 1 amide bonds. The van der Waals surface area contributed by atoms with Gasteiger partial charge in [0.1, 0.15) is 16.5 Å². The van der Waals surface area contributed by atoms with Gasteiger partial charge in [-0.2, -0.15) is 0 Å². The number of aryl methyl sites for hydroxylation is 1. The zero-order valence-corrected chi connectivity index (χ0v) is 16.2. The molecule has 138 valence electrons. The third kappa shape index (κ3) is 4.41. The lowest BCUT2D eigenvalue weighted by Gasteiger charge is -2.13. The summed E-state index contributed by atoms with van der Waals surface area (Å²) >= 11 is 1.52. The fourth-order valence-electron chi connectivity index (χ4n) is 2.62. The van der Waals surface area contributed by atoms with Gasteiger partial charge in [-0.1, -0.05) is 29.5 Å². The number of carbonyl (C=O) groups is 1. The lowest BCUT2D eigenvalue weighted by atomic mass is 10.0. The molecule has 0 bridgehead atoms. The van der Waals surface area contributed by atoms with Gasteiger partial charge >= 0.3 is 0 Å². The number of aromatic nitrogens is 1. The Bertz CT molecular complexity index is 949. The van der Waals surface area contributed by atoms with Crippen LogP contribution in [-0.2, 0) is 0 Å². The Labute approximate surface area is 162 Å². The van der Waals surface area contributed by atoms with Crippen molar-refractivity contribution in [1.29, 1.82) is 0 Å². The van der Waals surface area contributed by atoms with E-state index in [1.165, 1.54) is 18.0 Å². The summed E-state index contributed by atoms with van der Waals surface area (Å²) in [5.74, 6) is 0.968. The van der Waals surface area contributed by atoms with Gasteiger partial charge in [0.15, 0.2) is 0 Å². The van der Waals surface area contributed by atoms with E-state index in [2.05, 4.69) is 30.1 Å². The predicted molar refractivity (Wildman–Crippen MR) is 107 cm³/mol. The van der Waals surface area contributed by atoms with E-state index in [1.54, 1.807) is 26.4 Å². The number of nitrogens with zero attached hydrogens (tertiary/aromatic N) is 1. The normalized spacial score (nSPS) is 10.5. The number of amides is 1. The molecular formula is C21H20N2O3S. The number of rotatable bonds is 6. The molecule has 0 aliphatic rings. The summed E-state index contributed by atoms with van der Waals surface area (Å²) in [4.78, 5) is 16.6. The average molecular weight is 380 g/mol. The van der Waals surface area contributed by atoms with Crippen molar-refractivity contribution in [2.24, 2.45) is 5.73 Å². The van der Waals surface area contributed by atoms with Crippen LogP contribution in [0.3, 0.4) is 0 Å². The number of hydrogen-bond donors (Lipinski definition) is 1. The van der Waals surface area contributed by atoms with E-state index >= 15 is 0 Å². The van der Waals surface area contributed by atoms with Crippen LogP contribution in [0.4, 0.5) is 0 Å². The van der Waals surface area contributed by atoms with Crippen LogP contribution in [0.5, 0.6) is 11.5 Å². The van der Waals surface area contributed by atoms with E-state index in [0.29, 0.717) is 5.56 Å². The lowest BCUT2D eigenvalue weighted by molar-refractivity contribution is 0.1000. The molecule has 0 aliphatic heterocycles. The van der Waals surface area contributed by atoms with E-state index in [-0.39, 0.29) is 0 Å². The fourth-order valence-corrected chi connectivity index (χ4v) is 3.51. The molecular weight excluding hydrogens is 360 g/mol. The zero-order valence-electron chi connectivity index (χ0n) is 15.4. The van der Waals surface area contributed by atoms with Gasteiger partial charge in [0.05, 0.1) is 19.8 Å². The van der Waals surface area contributed by atoms with Gasteiger partial charge in [0.25, 0.3) is 0 Å². The van der Waals surface area contributed by atoms with Gasteiger partial charge in [-0.15, -0.1) is 0 Å². The first-order chi connectivity index (χ1) is 13.0. The minimum atomic E-state index is -0.487. The summed E-state index contributed by atoms with van der Waals surface area (Å²) in [7, 11) is 3.27. The first-order valence-electron chi connectivity index (χ1n) is 8.28. The van der Waals surface area contributed by atoms with Crippen LogP contribution < -0.4 is 15.2 Å². The van der Waals surface area contributed by atoms with Crippen LogP contribution in [-0.4, -0.2) is 25.1 Å². The quantitative estimate of drug-likeness (QED) is 0.689. The van der Waals surface area contributed by atoms with E-state index < -0.39 is 5.91 Å². The summed E-state index contributed by atoms with van der Waals surface area (Å²) in [5.41, 5.74) is 8.86. The summed E-state index contributed by atoms with van der Waals surface area (Å²) in [6, 6.07) is 15.5. The number of nitrogens with two attached hydrogens (primary N) is 1. The fraction of sp³-hybridized carbons (Fsp3) is 0.143. The molecule has 2 N–H and O–H groups in total. The molecule has 3 aromatic rings. The maximum Gasteiger partial charge on any atom is 0.250 e. The molecule has 0 spiro atoms. The first-order valence-corrected chi connectivity index (χ1v) is 9.09. The Balaban J connectivity index is 2.02. The standard InChI is InChI=1S/C21H20N2O3S/c1-13-4-6-19(27-20-7-5-14(12-23-20)21(22)24)18(8-13)15-9-16(25-2)11-17(10-15)26-3/h4-12H,1-3H3,(H2,22,24). The summed E-state index contributed by atoms with van der Waals surface area (Å²) in [6.45, 7) is 2.05. The molecule has 1 aromatic heterocycles. The molecule has 0 radical (unpaired) electrons. The van der Waals surface area contributed by atoms with E-state index in [1.807, 2.05) is 18.2 Å². The van der Waals surface area contributed by atoms with Crippen molar-refractivity contribution < 1.29 is 14.3 Å². The first kappa shape index (κ1) is 18.8. The number of benzene rings is 2. The smallest absolute Gasteiger partial charge is 0.250 e. The highest BCUT2D eigenvalue weighted by Gasteiger charge is 2.12. The Morgan fingerprint density at radius 2 is 1.70 bits per heavy atom. The van der Waals surface area contributed by atoms with Crippen molar-refractivity contribution in [1.82, 2.24) is 4.98 Å². The Kier molecular flexibility index (Phi) is 5.66. The minimum absolute atomic E-state index is 0.390. The highest BCUT2D eigenvalue weighted by atomic mass is 32.2. The number of primary amides is 1. The highest BCUT2D eigenvalue weighted by molar-refractivity contribution is 7.99. The van der Waals surface area contributed by atoms with Gasteiger partial charge < -0.3 is 15.2 Å². The maximum atomic E-state index is 11.2. The van der Waals surface area contributed by atoms with E-state index in [0.717, 1.165) is 38.1 Å². The molecule has 0 fully saturated rings. The molecule has 1 heterocycles. The maximum absolute atomic E-state index is 11.2. The molecule has 27 heavy (non-hydrogen) atoms. The number of pyridine rings is 1. The van der Waals surface area contributed by atoms with Crippen LogP contribution in [0.2, 0.25) is 0 Å². The van der Waals surface area contributed by atoms with Crippen LogP contribution >= 0.6 is 11.8 Å². The Morgan fingerprint density at radius 1 is 1.00 bits per heavy atom. The molecule has 5 nitrogen and oxygen atoms in total. The monoisotopic (exact) mass is 380 g/mol. The van der Waals surface area contributed by atoms with Crippen molar-refractivity contribution in [3.05, 3.63) is 65.9 Å². The van der Waals surface area contributed by atoms with Crippen LogP contribution in [0.25, 0.3) is 11.1 Å². The van der Waals surface area contributed by atoms with Gasteiger partial charge in [0, 0.05) is 17.2 Å². The molecule has 0 saturated heterocycles. The van der Waals surface area contributed by atoms with Crippen LogP contribution in [0.15, 0.2) is 64.6 Å². The SMILES string of the molecule is COc1cc(OC)cc(-c2cc(C)ccc2Sc2ccc(C(N)=O)cn2)c1. The second kappa shape index (κ2) is 8.14. The van der Waals surface area contributed by atoms with Gasteiger partial charge in [-0.05, 0) is 48.4 Å². The van der Waals surface area contributed by atoms with Crippen molar-refractivity contribution in [3.63, 3.8) is 0 Å². The van der Waals surface area contributed by atoms with Crippen molar-refractivity contribution in [3.8, 4) is 22.6 Å². The van der Waals surface area contributed by atoms with Gasteiger partial charge in [-0.3, -0.25) is 4.79 Å². The average Bonchev–Trinajstić information content (AvgIpc) is 2.69. The summed E-state index contributed by atoms with van der Waals surface area (Å²) < 4.78 is 10.8. The lowest BCUT2D eigenvalue weighted by Crippen LogP contribution is -2.10. The second-order valence-electron chi connectivity index (χ2n) is 5.95. The molecule has 0 atom stereocenters. The topological polar surface area (TPSA) is 74.4 Å². The largest absolute Gasteiger partial charge is 0.497 e. The molecule has 6 heteroatoms. The van der Waals surface area contributed by atoms with E-state index in [4.69, 9.17) is 15.2 Å².